The maximum absolute atomic E-state index is 11.9. The van der Waals surface area contributed by atoms with E-state index < -0.39 is 32.7 Å². The van der Waals surface area contributed by atoms with E-state index in [-0.39, 0.29) is 6.42 Å². The predicted molar refractivity (Wildman–Crippen MR) is 78.7 cm³/mol. The van der Waals surface area contributed by atoms with Gasteiger partial charge in [0.25, 0.3) is 0 Å². The number of methoxy groups -OCH3 is 1. The maximum atomic E-state index is 11.9. The van der Waals surface area contributed by atoms with Crippen LogP contribution in [0.25, 0.3) is 0 Å². The van der Waals surface area contributed by atoms with Gasteiger partial charge in [0.2, 0.25) is 11.8 Å². The van der Waals surface area contributed by atoms with E-state index >= 15 is 0 Å². The Morgan fingerprint density at radius 1 is 1.29 bits per heavy atom. The summed E-state index contributed by atoms with van der Waals surface area (Å²) < 4.78 is 28.8. The minimum Gasteiger partial charge on any atom is -0.497 e. The van der Waals surface area contributed by atoms with Crippen molar-refractivity contribution in [1.82, 2.24) is 0 Å². The molecule has 0 spiro atoms. The van der Waals surface area contributed by atoms with Gasteiger partial charge < -0.3 is 15.8 Å². The molecule has 1 atom stereocenters. The van der Waals surface area contributed by atoms with Crippen molar-refractivity contribution in [2.24, 2.45) is 5.73 Å². The smallest absolute Gasteiger partial charge is 0.239 e. The number of anilines is 1. The Hall–Kier alpha value is -2.09. The number of nitrogens with two attached hydrogens (primary N) is 1. The zero-order valence-electron chi connectivity index (χ0n) is 11.8. The number of ether oxygens (including phenoxy) is 1. The highest BCUT2D eigenvalue weighted by Gasteiger charge is 2.31. The van der Waals surface area contributed by atoms with E-state index in [1.807, 2.05) is 0 Å². The van der Waals surface area contributed by atoms with Gasteiger partial charge in [-0.25, -0.2) is 8.42 Å². The molecule has 116 valence electrons. The molecule has 0 saturated heterocycles. The lowest BCUT2D eigenvalue weighted by Gasteiger charge is -2.12. The number of rotatable bonds is 7. The first-order valence-corrected chi connectivity index (χ1v) is 7.96. The Bertz CT molecular complexity index is 610. The first kappa shape index (κ1) is 17.0. The second kappa shape index (κ2) is 7.07. The van der Waals surface area contributed by atoms with Crippen molar-refractivity contribution < 1.29 is 22.7 Å². The molecule has 1 unspecified atom stereocenters. The Labute approximate surface area is 123 Å². The van der Waals surface area contributed by atoms with Crippen molar-refractivity contribution in [3.8, 4) is 5.75 Å². The molecule has 1 rings (SSSR count). The van der Waals surface area contributed by atoms with Crippen molar-refractivity contribution in [3.63, 3.8) is 0 Å². The van der Waals surface area contributed by atoms with Crippen LogP contribution in [0.1, 0.15) is 13.3 Å². The van der Waals surface area contributed by atoms with E-state index in [4.69, 9.17) is 10.5 Å². The van der Waals surface area contributed by atoms with Gasteiger partial charge in [-0.1, -0.05) is 6.92 Å². The Morgan fingerprint density at radius 3 is 2.29 bits per heavy atom. The van der Waals surface area contributed by atoms with Gasteiger partial charge in [0.15, 0.2) is 9.84 Å². The van der Waals surface area contributed by atoms with Crippen molar-refractivity contribution in [2.75, 3.05) is 18.2 Å². The molecule has 1 aromatic rings. The third-order valence-electron chi connectivity index (χ3n) is 2.83. The average Bonchev–Trinajstić information content (AvgIpc) is 2.38. The lowest BCUT2D eigenvalue weighted by molar-refractivity contribution is -0.117. The minimum absolute atomic E-state index is 0.0352. The second-order valence-corrected chi connectivity index (χ2v) is 6.57. The number of carbonyl (C=O) groups is 2. The molecule has 0 aromatic heterocycles. The molecule has 0 heterocycles. The van der Waals surface area contributed by atoms with E-state index in [0.29, 0.717) is 11.4 Å². The SMILES string of the molecule is CCC(C(N)=O)S(=O)(=O)CC(=O)Nc1ccc(OC)cc1. The predicted octanol–water partition coefficient (Wildman–Crippen LogP) is 0.312. The minimum atomic E-state index is -3.92. The van der Waals surface area contributed by atoms with Crippen LogP contribution < -0.4 is 15.8 Å². The number of primary amides is 1. The largest absolute Gasteiger partial charge is 0.497 e. The monoisotopic (exact) mass is 314 g/mol. The summed E-state index contributed by atoms with van der Waals surface area (Å²) in [6.45, 7) is 1.52. The maximum Gasteiger partial charge on any atom is 0.239 e. The van der Waals surface area contributed by atoms with E-state index in [1.54, 1.807) is 24.3 Å². The van der Waals surface area contributed by atoms with Crippen LogP contribution >= 0.6 is 0 Å². The fourth-order valence-electron chi connectivity index (χ4n) is 1.79. The first-order valence-electron chi connectivity index (χ1n) is 6.25. The fourth-order valence-corrected chi connectivity index (χ4v) is 3.29. The summed E-state index contributed by atoms with van der Waals surface area (Å²) >= 11 is 0. The van der Waals surface area contributed by atoms with Gasteiger partial charge in [-0.2, -0.15) is 0 Å². The number of hydrogen-bond acceptors (Lipinski definition) is 5. The molecular formula is C13H18N2O5S. The number of carbonyl (C=O) groups excluding carboxylic acids is 2. The first-order chi connectivity index (χ1) is 9.80. The molecular weight excluding hydrogens is 296 g/mol. The Balaban J connectivity index is 2.74. The number of nitrogens with one attached hydrogen (secondary N) is 1. The molecule has 1 aromatic carbocycles. The van der Waals surface area contributed by atoms with Gasteiger partial charge in [-0.3, -0.25) is 9.59 Å². The van der Waals surface area contributed by atoms with Crippen LogP contribution in [0.4, 0.5) is 5.69 Å². The number of hydrogen-bond donors (Lipinski definition) is 2. The van der Waals surface area contributed by atoms with Crippen molar-refractivity contribution in [3.05, 3.63) is 24.3 Å². The molecule has 0 fully saturated rings. The van der Waals surface area contributed by atoms with Crippen LogP contribution in [-0.2, 0) is 19.4 Å². The highest BCUT2D eigenvalue weighted by molar-refractivity contribution is 7.93. The molecule has 3 N–H and O–H groups in total. The van der Waals surface area contributed by atoms with Crippen LogP contribution in [-0.4, -0.2) is 38.3 Å². The van der Waals surface area contributed by atoms with E-state index in [0.717, 1.165) is 0 Å². The molecule has 0 aliphatic carbocycles. The van der Waals surface area contributed by atoms with Crippen LogP contribution in [0.2, 0.25) is 0 Å². The normalized spacial score (nSPS) is 12.5. The van der Waals surface area contributed by atoms with Gasteiger partial charge in [0, 0.05) is 5.69 Å². The Kier molecular flexibility index (Phi) is 5.71. The highest BCUT2D eigenvalue weighted by atomic mass is 32.2. The molecule has 2 amide bonds. The molecule has 0 aliphatic heterocycles. The molecule has 0 saturated carbocycles. The van der Waals surface area contributed by atoms with Crippen LogP contribution in [0.3, 0.4) is 0 Å². The number of amides is 2. The van der Waals surface area contributed by atoms with Crippen LogP contribution in [0, 0.1) is 0 Å². The van der Waals surface area contributed by atoms with Gasteiger partial charge in [0.05, 0.1) is 7.11 Å². The van der Waals surface area contributed by atoms with E-state index in [2.05, 4.69) is 5.32 Å². The van der Waals surface area contributed by atoms with E-state index in [9.17, 15) is 18.0 Å². The Morgan fingerprint density at radius 2 is 1.86 bits per heavy atom. The topological polar surface area (TPSA) is 116 Å². The zero-order chi connectivity index (χ0) is 16.0. The molecule has 7 nitrogen and oxygen atoms in total. The van der Waals surface area contributed by atoms with Gasteiger partial charge in [0.1, 0.15) is 16.8 Å². The lowest BCUT2D eigenvalue weighted by Crippen LogP contribution is -2.39. The van der Waals surface area contributed by atoms with Crippen molar-refractivity contribution in [2.45, 2.75) is 18.6 Å². The average molecular weight is 314 g/mol. The standard InChI is InChI=1S/C13H18N2O5S/c1-3-11(13(14)17)21(18,19)8-12(16)15-9-4-6-10(20-2)7-5-9/h4-7,11H,3,8H2,1-2H3,(H2,14,17)(H,15,16). The summed E-state index contributed by atoms with van der Waals surface area (Å²) in [7, 11) is -2.41. The van der Waals surface area contributed by atoms with E-state index in [1.165, 1.54) is 14.0 Å². The molecule has 8 heteroatoms. The summed E-state index contributed by atoms with van der Waals surface area (Å²) in [5.74, 6) is -1.85. The van der Waals surface area contributed by atoms with Gasteiger partial charge in [-0.05, 0) is 30.7 Å². The molecule has 0 radical (unpaired) electrons. The third kappa shape index (κ3) is 4.75. The molecule has 21 heavy (non-hydrogen) atoms. The quantitative estimate of drug-likeness (QED) is 0.751. The van der Waals surface area contributed by atoms with Crippen molar-refractivity contribution >= 4 is 27.3 Å². The summed E-state index contributed by atoms with van der Waals surface area (Å²) in [5.41, 5.74) is 5.46. The van der Waals surface area contributed by atoms with Gasteiger partial charge >= 0.3 is 0 Å². The second-order valence-electron chi connectivity index (χ2n) is 4.38. The summed E-state index contributed by atoms with van der Waals surface area (Å²) in [6.07, 6.45) is 0.0352. The summed E-state index contributed by atoms with van der Waals surface area (Å²) in [5, 5.41) is 1.09. The third-order valence-corrected chi connectivity index (χ3v) is 4.92. The van der Waals surface area contributed by atoms with Crippen LogP contribution in [0.5, 0.6) is 5.75 Å². The molecule has 0 bridgehead atoms. The molecule has 0 aliphatic rings. The summed E-state index contributed by atoms with van der Waals surface area (Å²) in [6, 6.07) is 6.41. The van der Waals surface area contributed by atoms with Gasteiger partial charge in [-0.15, -0.1) is 0 Å². The zero-order valence-corrected chi connectivity index (χ0v) is 12.6. The fraction of sp³-hybridized carbons (Fsp3) is 0.385. The number of sulfone groups is 1. The highest BCUT2D eigenvalue weighted by Crippen LogP contribution is 2.15. The summed E-state index contributed by atoms with van der Waals surface area (Å²) in [4.78, 5) is 22.8. The lowest BCUT2D eigenvalue weighted by atomic mass is 10.3. The van der Waals surface area contributed by atoms with Crippen LogP contribution in [0.15, 0.2) is 24.3 Å². The van der Waals surface area contributed by atoms with Crippen molar-refractivity contribution in [1.29, 1.82) is 0 Å². The number of benzene rings is 1.